The summed E-state index contributed by atoms with van der Waals surface area (Å²) in [5.74, 6) is 0.140. The minimum absolute atomic E-state index is 0.0420. The highest BCUT2D eigenvalue weighted by molar-refractivity contribution is 7.90. The highest BCUT2D eigenvalue weighted by Crippen LogP contribution is 2.43. The first-order valence-corrected chi connectivity index (χ1v) is 11.4. The number of piperidine rings is 2. The highest BCUT2D eigenvalue weighted by atomic mass is 32.2. The van der Waals surface area contributed by atoms with Crippen LogP contribution in [0.25, 0.3) is 0 Å². The fourth-order valence-corrected chi connectivity index (χ4v) is 5.65. The summed E-state index contributed by atoms with van der Waals surface area (Å²) >= 11 is 0. The molecule has 4 aliphatic rings. The average Bonchev–Trinajstić information content (AvgIpc) is 2.85. The van der Waals surface area contributed by atoms with Gasteiger partial charge >= 0.3 is 0 Å². The van der Waals surface area contributed by atoms with Gasteiger partial charge in [0.15, 0.2) is 0 Å². The van der Waals surface area contributed by atoms with Gasteiger partial charge in [-0.1, -0.05) is 30.3 Å². The SMILES string of the molecule is CS(=O)(=O)CCC(=O)N[C@@H]1C2CN3CCN(C2)CC1(c1ccccc1)C3. The van der Waals surface area contributed by atoms with Crippen LogP contribution >= 0.6 is 0 Å². The molecule has 1 amide bonds. The van der Waals surface area contributed by atoms with Crippen molar-refractivity contribution in [3.63, 3.8) is 0 Å². The number of fused-ring (bicyclic) bond motifs is 1. The van der Waals surface area contributed by atoms with E-state index in [0.29, 0.717) is 5.92 Å². The molecule has 1 N–H and O–H groups in total. The van der Waals surface area contributed by atoms with Gasteiger partial charge in [0.05, 0.1) is 5.75 Å². The largest absolute Gasteiger partial charge is 0.352 e. The summed E-state index contributed by atoms with van der Waals surface area (Å²) in [5.41, 5.74) is 1.15. The Hall–Kier alpha value is -1.44. The number of benzene rings is 1. The molecule has 4 aliphatic heterocycles. The Morgan fingerprint density at radius 3 is 2.35 bits per heavy atom. The molecule has 0 spiro atoms. The molecule has 4 saturated heterocycles. The van der Waals surface area contributed by atoms with Gasteiger partial charge < -0.3 is 15.1 Å². The summed E-state index contributed by atoms with van der Waals surface area (Å²) in [6.45, 7) is 6.06. The van der Waals surface area contributed by atoms with Crippen molar-refractivity contribution in [1.82, 2.24) is 15.1 Å². The first-order valence-electron chi connectivity index (χ1n) is 9.33. The summed E-state index contributed by atoms with van der Waals surface area (Å²) in [6, 6.07) is 10.6. The molecule has 3 atom stereocenters. The molecule has 4 bridgehead atoms. The van der Waals surface area contributed by atoms with Crippen LogP contribution in [0.2, 0.25) is 0 Å². The molecule has 4 fully saturated rings. The van der Waals surface area contributed by atoms with Crippen molar-refractivity contribution < 1.29 is 13.2 Å². The maximum absolute atomic E-state index is 12.5. The molecule has 0 saturated carbocycles. The van der Waals surface area contributed by atoms with Gasteiger partial charge in [-0.05, 0) is 5.56 Å². The number of hydrogen-bond acceptors (Lipinski definition) is 5. The zero-order chi connectivity index (χ0) is 18.4. The van der Waals surface area contributed by atoms with Crippen LogP contribution < -0.4 is 5.32 Å². The summed E-state index contributed by atoms with van der Waals surface area (Å²) in [7, 11) is -3.13. The molecule has 7 heteroatoms. The van der Waals surface area contributed by atoms with Gasteiger partial charge in [0, 0.05) is 69.3 Å². The van der Waals surface area contributed by atoms with E-state index in [9.17, 15) is 13.2 Å². The van der Waals surface area contributed by atoms with E-state index < -0.39 is 9.84 Å². The van der Waals surface area contributed by atoms with Crippen molar-refractivity contribution in [2.75, 3.05) is 51.3 Å². The zero-order valence-corrected chi connectivity index (χ0v) is 16.0. The molecule has 4 heterocycles. The van der Waals surface area contributed by atoms with Crippen LogP contribution in [0.5, 0.6) is 0 Å². The van der Waals surface area contributed by atoms with Crippen molar-refractivity contribution in [2.45, 2.75) is 17.9 Å². The second-order valence-corrected chi connectivity index (χ2v) is 10.4. The van der Waals surface area contributed by atoms with Crippen LogP contribution in [0, 0.1) is 5.92 Å². The maximum atomic E-state index is 12.5. The molecular weight excluding hydrogens is 350 g/mol. The zero-order valence-electron chi connectivity index (χ0n) is 15.2. The standard InChI is InChI=1S/C19H27N3O3S/c1-26(24,25)10-7-17(23)20-18-15-11-21-8-9-22(12-15)14-19(18,13-21)16-5-3-2-4-6-16/h2-6,15,18H,7-14H2,1H3,(H,20,23)/t15?,18-,19?/m1/s1. The Morgan fingerprint density at radius 1 is 1.15 bits per heavy atom. The molecular formula is C19H27N3O3S. The van der Waals surface area contributed by atoms with E-state index in [1.54, 1.807) is 0 Å². The van der Waals surface area contributed by atoms with Crippen molar-refractivity contribution in [3.05, 3.63) is 35.9 Å². The van der Waals surface area contributed by atoms with Gasteiger partial charge in [0.1, 0.15) is 9.84 Å². The van der Waals surface area contributed by atoms with Gasteiger partial charge in [0.2, 0.25) is 5.91 Å². The van der Waals surface area contributed by atoms with Crippen LogP contribution in [0.1, 0.15) is 12.0 Å². The van der Waals surface area contributed by atoms with E-state index in [1.165, 1.54) is 11.8 Å². The lowest BCUT2D eigenvalue weighted by Crippen LogP contribution is -2.70. The van der Waals surface area contributed by atoms with E-state index in [2.05, 4.69) is 39.4 Å². The number of carbonyl (C=O) groups is 1. The Bertz CT molecular complexity index is 764. The second kappa shape index (κ2) is 6.62. The van der Waals surface area contributed by atoms with Crippen molar-refractivity contribution >= 4 is 15.7 Å². The lowest BCUT2D eigenvalue weighted by molar-refractivity contribution is -0.124. The first-order chi connectivity index (χ1) is 12.4. The molecule has 1 aromatic rings. The van der Waals surface area contributed by atoms with Crippen LogP contribution in [-0.2, 0) is 20.0 Å². The molecule has 0 radical (unpaired) electrons. The Labute approximate surface area is 155 Å². The van der Waals surface area contributed by atoms with Crippen molar-refractivity contribution in [3.8, 4) is 0 Å². The lowest BCUT2D eigenvalue weighted by atomic mass is 9.64. The summed E-state index contributed by atoms with van der Waals surface area (Å²) in [6.07, 6.45) is 1.22. The predicted octanol–water partition coefficient (Wildman–Crippen LogP) is 0.105. The molecule has 2 unspecified atom stereocenters. The number of sulfone groups is 1. The second-order valence-electron chi connectivity index (χ2n) is 8.18. The number of hydrogen-bond donors (Lipinski definition) is 1. The smallest absolute Gasteiger partial charge is 0.221 e. The first kappa shape index (κ1) is 17.9. The quantitative estimate of drug-likeness (QED) is 0.789. The summed E-state index contributed by atoms with van der Waals surface area (Å²) < 4.78 is 22.8. The lowest BCUT2D eigenvalue weighted by Gasteiger charge is -2.55. The van der Waals surface area contributed by atoms with E-state index in [1.807, 2.05) is 6.07 Å². The van der Waals surface area contributed by atoms with Crippen LogP contribution in [0.15, 0.2) is 30.3 Å². The molecule has 26 heavy (non-hydrogen) atoms. The number of carbonyl (C=O) groups excluding carboxylic acids is 1. The van der Waals surface area contributed by atoms with Gasteiger partial charge in [-0.2, -0.15) is 0 Å². The number of rotatable bonds is 5. The average molecular weight is 378 g/mol. The van der Waals surface area contributed by atoms with Crippen molar-refractivity contribution in [1.29, 1.82) is 0 Å². The minimum atomic E-state index is -3.13. The maximum Gasteiger partial charge on any atom is 0.221 e. The van der Waals surface area contributed by atoms with Gasteiger partial charge in [0.25, 0.3) is 0 Å². The third-order valence-electron chi connectivity index (χ3n) is 6.16. The third-order valence-corrected chi connectivity index (χ3v) is 7.11. The predicted molar refractivity (Wildman–Crippen MR) is 101 cm³/mol. The monoisotopic (exact) mass is 377 g/mol. The molecule has 6 nitrogen and oxygen atoms in total. The van der Waals surface area contributed by atoms with E-state index in [4.69, 9.17) is 0 Å². The summed E-state index contributed by atoms with van der Waals surface area (Å²) in [4.78, 5) is 17.6. The third kappa shape index (κ3) is 3.40. The summed E-state index contributed by atoms with van der Waals surface area (Å²) in [5, 5.41) is 3.24. The van der Waals surface area contributed by atoms with Crippen LogP contribution in [0.4, 0.5) is 0 Å². The molecule has 142 valence electrons. The normalized spacial score (nSPS) is 35.9. The Balaban J connectivity index is 1.63. The van der Waals surface area contributed by atoms with E-state index in [-0.39, 0.29) is 29.5 Å². The van der Waals surface area contributed by atoms with Gasteiger partial charge in [-0.25, -0.2) is 8.42 Å². The molecule has 0 aromatic heterocycles. The molecule has 1 aromatic carbocycles. The minimum Gasteiger partial charge on any atom is -0.352 e. The van der Waals surface area contributed by atoms with Gasteiger partial charge in [-0.15, -0.1) is 0 Å². The number of nitrogens with zero attached hydrogens (tertiary/aromatic N) is 2. The van der Waals surface area contributed by atoms with Crippen molar-refractivity contribution in [2.24, 2.45) is 5.92 Å². The van der Waals surface area contributed by atoms with E-state index >= 15 is 0 Å². The van der Waals surface area contributed by atoms with E-state index in [0.717, 1.165) is 39.3 Å². The molecule has 5 rings (SSSR count). The Morgan fingerprint density at radius 2 is 1.77 bits per heavy atom. The van der Waals surface area contributed by atoms with Gasteiger partial charge in [-0.3, -0.25) is 4.79 Å². The highest BCUT2D eigenvalue weighted by Gasteiger charge is 2.55. The molecule has 0 aliphatic carbocycles. The van der Waals surface area contributed by atoms with Crippen LogP contribution in [-0.4, -0.2) is 81.4 Å². The Kier molecular flexibility index (Phi) is 4.57. The van der Waals surface area contributed by atoms with Crippen LogP contribution in [0.3, 0.4) is 0 Å². The topological polar surface area (TPSA) is 69.7 Å². The fraction of sp³-hybridized carbons (Fsp3) is 0.632. The number of amides is 1. The fourth-order valence-electron chi connectivity index (χ4n) is 5.09. The number of nitrogens with one attached hydrogen (secondary N) is 1.